The van der Waals surface area contributed by atoms with E-state index in [2.05, 4.69) is 33.2 Å². The molecule has 4 heteroatoms. The van der Waals surface area contributed by atoms with Crippen molar-refractivity contribution in [3.8, 4) is 0 Å². The van der Waals surface area contributed by atoms with Gasteiger partial charge in [0.1, 0.15) is 5.82 Å². The third-order valence-corrected chi connectivity index (χ3v) is 4.13. The zero-order valence-electron chi connectivity index (χ0n) is 12.4. The summed E-state index contributed by atoms with van der Waals surface area (Å²) in [6.07, 6.45) is 3.48. The van der Waals surface area contributed by atoms with Crippen LogP contribution in [0.3, 0.4) is 0 Å². The van der Waals surface area contributed by atoms with Gasteiger partial charge in [-0.2, -0.15) is 0 Å². The highest BCUT2D eigenvalue weighted by atomic mass is 79.9. The van der Waals surface area contributed by atoms with Gasteiger partial charge in [-0.05, 0) is 53.5 Å². The van der Waals surface area contributed by atoms with Crippen molar-refractivity contribution in [2.24, 2.45) is 0 Å². The van der Waals surface area contributed by atoms with Gasteiger partial charge in [-0.25, -0.2) is 4.39 Å². The maximum atomic E-state index is 14.4. The summed E-state index contributed by atoms with van der Waals surface area (Å²) in [6, 6.07) is 9.32. The molecule has 1 aromatic carbocycles. The predicted octanol–water partition coefficient (Wildman–Crippen LogP) is 4.58. The molecule has 112 valence electrons. The highest BCUT2D eigenvalue weighted by Crippen LogP contribution is 2.26. The number of pyridine rings is 1. The second-order valence-corrected chi connectivity index (χ2v) is 5.98. The predicted molar refractivity (Wildman–Crippen MR) is 87.8 cm³/mol. The lowest BCUT2D eigenvalue weighted by atomic mass is 9.99. The SMILES string of the molecule is CCCNC(Cc1ncccc1C)c1cccc(Br)c1F. The third-order valence-electron chi connectivity index (χ3n) is 3.51. The second kappa shape index (κ2) is 7.66. The summed E-state index contributed by atoms with van der Waals surface area (Å²) >= 11 is 3.26. The van der Waals surface area contributed by atoms with Gasteiger partial charge in [0.2, 0.25) is 0 Å². The zero-order valence-corrected chi connectivity index (χ0v) is 14.0. The molecular weight excluding hydrogens is 331 g/mol. The molecule has 1 atom stereocenters. The van der Waals surface area contributed by atoms with Crippen LogP contribution in [-0.2, 0) is 6.42 Å². The van der Waals surface area contributed by atoms with E-state index in [1.165, 1.54) is 0 Å². The molecule has 0 saturated heterocycles. The molecule has 2 nitrogen and oxygen atoms in total. The second-order valence-electron chi connectivity index (χ2n) is 5.12. The van der Waals surface area contributed by atoms with E-state index in [9.17, 15) is 4.39 Å². The van der Waals surface area contributed by atoms with Gasteiger partial charge >= 0.3 is 0 Å². The van der Waals surface area contributed by atoms with E-state index < -0.39 is 0 Å². The fourth-order valence-electron chi connectivity index (χ4n) is 2.33. The molecule has 0 aliphatic rings. The van der Waals surface area contributed by atoms with Gasteiger partial charge in [0.15, 0.2) is 0 Å². The molecule has 0 amide bonds. The number of hydrogen-bond donors (Lipinski definition) is 1. The van der Waals surface area contributed by atoms with Gasteiger partial charge < -0.3 is 5.32 Å². The summed E-state index contributed by atoms with van der Waals surface area (Å²) in [4.78, 5) is 4.43. The minimum atomic E-state index is -0.195. The topological polar surface area (TPSA) is 24.9 Å². The summed E-state index contributed by atoms with van der Waals surface area (Å²) in [7, 11) is 0. The Kier molecular flexibility index (Phi) is 5.88. The molecule has 1 N–H and O–H groups in total. The molecule has 0 bridgehead atoms. The Morgan fingerprint density at radius 1 is 1.29 bits per heavy atom. The quantitative estimate of drug-likeness (QED) is 0.824. The molecule has 0 spiro atoms. The van der Waals surface area contributed by atoms with Crippen LogP contribution in [0.2, 0.25) is 0 Å². The molecule has 0 saturated carbocycles. The van der Waals surface area contributed by atoms with Crippen molar-refractivity contribution in [1.82, 2.24) is 10.3 Å². The first-order valence-corrected chi connectivity index (χ1v) is 8.00. The van der Waals surface area contributed by atoms with Gasteiger partial charge in [-0.3, -0.25) is 4.98 Å². The Hall–Kier alpha value is -1.26. The van der Waals surface area contributed by atoms with Gasteiger partial charge in [0.05, 0.1) is 4.47 Å². The fraction of sp³-hybridized carbons (Fsp3) is 0.353. The van der Waals surface area contributed by atoms with E-state index >= 15 is 0 Å². The first-order chi connectivity index (χ1) is 10.1. The molecule has 0 radical (unpaired) electrons. The van der Waals surface area contributed by atoms with E-state index in [1.54, 1.807) is 12.3 Å². The van der Waals surface area contributed by atoms with Crippen LogP contribution >= 0.6 is 15.9 Å². The van der Waals surface area contributed by atoms with E-state index in [1.807, 2.05) is 31.2 Å². The number of rotatable bonds is 6. The number of nitrogens with zero attached hydrogens (tertiary/aromatic N) is 1. The minimum Gasteiger partial charge on any atom is -0.310 e. The Morgan fingerprint density at radius 2 is 2.10 bits per heavy atom. The maximum Gasteiger partial charge on any atom is 0.142 e. The van der Waals surface area contributed by atoms with E-state index in [0.29, 0.717) is 16.5 Å². The zero-order chi connectivity index (χ0) is 15.2. The Morgan fingerprint density at radius 3 is 2.81 bits per heavy atom. The van der Waals surface area contributed by atoms with Crippen molar-refractivity contribution >= 4 is 15.9 Å². The number of hydrogen-bond acceptors (Lipinski definition) is 2. The van der Waals surface area contributed by atoms with Crippen molar-refractivity contribution in [2.75, 3.05) is 6.54 Å². The molecule has 1 aromatic heterocycles. The minimum absolute atomic E-state index is 0.0731. The number of aryl methyl sites for hydroxylation is 1. The molecule has 1 unspecified atom stereocenters. The number of benzene rings is 1. The number of halogens is 2. The third kappa shape index (κ3) is 4.11. The van der Waals surface area contributed by atoms with Crippen LogP contribution in [-0.4, -0.2) is 11.5 Å². The highest BCUT2D eigenvalue weighted by molar-refractivity contribution is 9.10. The monoisotopic (exact) mass is 350 g/mol. The lowest BCUT2D eigenvalue weighted by molar-refractivity contribution is 0.491. The molecule has 2 aromatic rings. The van der Waals surface area contributed by atoms with Crippen LogP contribution in [0, 0.1) is 12.7 Å². The van der Waals surface area contributed by atoms with Crippen molar-refractivity contribution < 1.29 is 4.39 Å². The molecule has 1 heterocycles. The summed E-state index contributed by atoms with van der Waals surface area (Å²) in [5, 5.41) is 3.43. The van der Waals surface area contributed by atoms with Crippen molar-refractivity contribution in [3.05, 3.63) is 63.6 Å². The smallest absolute Gasteiger partial charge is 0.142 e. The molecule has 0 fully saturated rings. The summed E-state index contributed by atoms with van der Waals surface area (Å²) in [6.45, 7) is 4.99. The number of nitrogens with one attached hydrogen (secondary N) is 1. The Labute approximate surface area is 133 Å². The number of aromatic nitrogens is 1. The summed E-state index contributed by atoms with van der Waals surface area (Å²) in [5.74, 6) is -0.195. The average Bonchev–Trinajstić information content (AvgIpc) is 2.48. The molecular formula is C17H20BrFN2. The van der Waals surface area contributed by atoms with Crippen LogP contribution in [0.5, 0.6) is 0 Å². The van der Waals surface area contributed by atoms with E-state index in [0.717, 1.165) is 24.2 Å². The van der Waals surface area contributed by atoms with E-state index in [-0.39, 0.29) is 11.9 Å². The molecule has 21 heavy (non-hydrogen) atoms. The van der Waals surface area contributed by atoms with Gasteiger partial charge in [0, 0.05) is 29.9 Å². The molecule has 0 aliphatic heterocycles. The Bertz CT molecular complexity index is 601. The Balaban J connectivity index is 2.30. The van der Waals surface area contributed by atoms with Crippen LogP contribution < -0.4 is 5.32 Å². The van der Waals surface area contributed by atoms with Crippen LogP contribution in [0.15, 0.2) is 41.0 Å². The first kappa shape index (κ1) is 16.1. The summed E-state index contributed by atoms with van der Waals surface area (Å²) < 4.78 is 14.9. The van der Waals surface area contributed by atoms with Crippen molar-refractivity contribution in [2.45, 2.75) is 32.7 Å². The fourth-order valence-corrected chi connectivity index (χ4v) is 2.71. The maximum absolute atomic E-state index is 14.4. The standard InChI is InChI=1S/C17H20BrFN2/c1-3-9-20-16(11-15-12(2)6-5-10-21-15)13-7-4-8-14(18)17(13)19/h4-8,10,16,20H,3,9,11H2,1-2H3. The van der Waals surface area contributed by atoms with E-state index in [4.69, 9.17) is 0 Å². The van der Waals surface area contributed by atoms with Crippen molar-refractivity contribution in [1.29, 1.82) is 0 Å². The van der Waals surface area contributed by atoms with Crippen LogP contribution in [0.25, 0.3) is 0 Å². The lowest BCUT2D eigenvalue weighted by Crippen LogP contribution is -2.25. The largest absolute Gasteiger partial charge is 0.310 e. The van der Waals surface area contributed by atoms with Crippen LogP contribution in [0.4, 0.5) is 4.39 Å². The van der Waals surface area contributed by atoms with Crippen molar-refractivity contribution in [3.63, 3.8) is 0 Å². The normalized spacial score (nSPS) is 12.4. The van der Waals surface area contributed by atoms with Gasteiger partial charge in [0.25, 0.3) is 0 Å². The molecule has 2 rings (SSSR count). The van der Waals surface area contributed by atoms with Crippen LogP contribution in [0.1, 0.15) is 36.2 Å². The summed E-state index contributed by atoms with van der Waals surface area (Å²) in [5.41, 5.74) is 2.82. The van der Waals surface area contributed by atoms with Gasteiger partial charge in [-0.1, -0.05) is 25.1 Å². The molecule has 0 aliphatic carbocycles. The average molecular weight is 351 g/mol. The van der Waals surface area contributed by atoms with Gasteiger partial charge in [-0.15, -0.1) is 0 Å². The lowest BCUT2D eigenvalue weighted by Gasteiger charge is -2.20. The first-order valence-electron chi connectivity index (χ1n) is 7.21. The highest BCUT2D eigenvalue weighted by Gasteiger charge is 2.18.